The molecule has 2 atom stereocenters. The molecule has 0 bridgehead atoms. The smallest absolute Gasteiger partial charge is 0.124 e. The van der Waals surface area contributed by atoms with Crippen molar-refractivity contribution in [2.75, 3.05) is 0 Å². The van der Waals surface area contributed by atoms with Crippen molar-refractivity contribution in [1.82, 2.24) is 10.5 Å². The number of nitrogens with one attached hydrogen (secondary N) is 1. The van der Waals surface area contributed by atoms with Crippen LogP contribution < -0.4 is 11.1 Å². The van der Waals surface area contributed by atoms with E-state index >= 15 is 0 Å². The van der Waals surface area contributed by atoms with E-state index in [4.69, 9.17) is 10.3 Å². The summed E-state index contributed by atoms with van der Waals surface area (Å²) in [6.07, 6.45) is 2.53. The average molecular weight is 229 g/mol. The molecule has 3 rings (SSSR count). The van der Waals surface area contributed by atoms with Gasteiger partial charge in [0.05, 0.1) is 5.69 Å². The van der Waals surface area contributed by atoms with Gasteiger partial charge in [0.2, 0.25) is 0 Å². The van der Waals surface area contributed by atoms with Crippen molar-refractivity contribution in [3.05, 3.63) is 53.4 Å². The van der Waals surface area contributed by atoms with Gasteiger partial charge in [0.15, 0.2) is 0 Å². The maximum Gasteiger partial charge on any atom is 0.124 e. The molecule has 0 saturated carbocycles. The maximum atomic E-state index is 6.11. The molecule has 1 aromatic carbocycles. The second-order valence-electron chi connectivity index (χ2n) is 4.40. The predicted octanol–water partition coefficient (Wildman–Crippen LogP) is 1.91. The van der Waals surface area contributed by atoms with Crippen molar-refractivity contribution in [2.45, 2.75) is 25.0 Å². The molecule has 1 aliphatic rings. The Kier molecular flexibility index (Phi) is 2.66. The minimum Gasteiger partial charge on any atom is -0.364 e. The van der Waals surface area contributed by atoms with Crippen LogP contribution in [0.3, 0.4) is 0 Å². The number of hydrogen-bond donors (Lipinski definition) is 2. The van der Waals surface area contributed by atoms with Crippen LogP contribution in [0, 0.1) is 0 Å². The van der Waals surface area contributed by atoms with Gasteiger partial charge in [-0.05, 0) is 17.5 Å². The van der Waals surface area contributed by atoms with Crippen molar-refractivity contribution in [3.63, 3.8) is 0 Å². The molecule has 0 radical (unpaired) electrons. The minimum atomic E-state index is 0.140. The molecule has 4 heteroatoms. The molecule has 4 nitrogen and oxygen atoms in total. The Morgan fingerprint density at radius 2 is 2.12 bits per heavy atom. The van der Waals surface area contributed by atoms with Crippen molar-refractivity contribution >= 4 is 0 Å². The zero-order valence-corrected chi connectivity index (χ0v) is 9.47. The van der Waals surface area contributed by atoms with E-state index < -0.39 is 0 Å². The lowest BCUT2D eigenvalue weighted by Gasteiger charge is -2.12. The molecule has 1 heterocycles. The van der Waals surface area contributed by atoms with Crippen molar-refractivity contribution in [3.8, 4) is 0 Å². The van der Waals surface area contributed by atoms with Crippen LogP contribution in [-0.4, -0.2) is 5.16 Å². The number of benzene rings is 1. The van der Waals surface area contributed by atoms with Crippen LogP contribution in [0.1, 0.15) is 35.3 Å². The van der Waals surface area contributed by atoms with Crippen LogP contribution in [0.2, 0.25) is 0 Å². The molecule has 0 fully saturated rings. The van der Waals surface area contributed by atoms with Crippen LogP contribution in [0.4, 0.5) is 0 Å². The van der Waals surface area contributed by atoms with E-state index in [1.165, 1.54) is 11.1 Å². The normalized spacial score (nSPS) is 22.6. The van der Waals surface area contributed by atoms with Gasteiger partial charge in [-0.3, -0.25) is 0 Å². The van der Waals surface area contributed by atoms with E-state index in [2.05, 4.69) is 28.7 Å². The van der Waals surface area contributed by atoms with E-state index in [0.717, 1.165) is 12.1 Å². The number of nitrogens with two attached hydrogens (primary N) is 1. The van der Waals surface area contributed by atoms with E-state index in [1.807, 2.05) is 12.1 Å². The summed E-state index contributed by atoms with van der Waals surface area (Å²) in [5.74, 6) is 0. The van der Waals surface area contributed by atoms with E-state index in [1.54, 1.807) is 6.26 Å². The van der Waals surface area contributed by atoms with Crippen molar-refractivity contribution in [1.29, 1.82) is 0 Å². The molecule has 0 amide bonds. The lowest BCUT2D eigenvalue weighted by Crippen LogP contribution is -2.19. The molecule has 17 heavy (non-hydrogen) atoms. The summed E-state index contributed by atoms with van der Waals surface area (Å²) in [5.41, 5.74) is 9.59. The highest BCUT2D eigenvalue weighted by molar-refractivity contribution is 5.37. The lowest BCUT2D eigenvalue weighted by molar-refractivity contribution is 0.403. The summed E-state index contributed by atoms with van der Waals surface area (Å²) in [6, 6.07) is 10.7. The van der Waals surface area contributed by atoms with Gasteiger partial charge in [-0.2, -0.15) is 0 Å². The highest BCUT2D eigenvalue weighted by atomic mass is 16.5. The second kappa shape index (κ2) is 4.31. The summed E-state index contributed by atoms with van der Waals surface area (Å²) in [6.45, 7) is 0.711. The third kappa shape index (κ3) is 1.97. The first-order chi connectivity index (χ1) is 8.34. The molecule has 0 spiro atoms. The summed E-state index contributed by atoms with van der Waals surface area (Å²) in [4.78, 5) is 0. The van der Waals surface area contributed by atoms with Gasteiger partial charge in [0.1, 0.15) is 6.26 Å². The molecule has 3 N–H and O–H groups in total. The Morgan fingerprint density at radius 3 is 2.88 bits per heavy atom. The second-order valence-corrected chi connectivity index (χ2v) is 4.40. The fraction of sp³-hybridized carbons (Fsp3) is 0.308. The molecule has 1 aliphatic carbocycles. The third-order valence-electron chi connectivity index (χ3n) is 3.28. The standard InChI is InChI=1S/C13H15N3O/c14-12-7-13(11-4-2-1-3-10(11)12)15-8-9-5-6-17-16-9/h1-6,12-13,15H,7-8,14H2. The van der Waals surface area contributed by atoms with Gasteiger partial charge in [-0.15, -0.1) is 0 Å². The van der Waals surface area contributed by atoms with Gasteiger partial charge < -0.3 is 15.6 Å². The lowest BCUT2D eigenvalue weighted by atomic mass is 10.1. The van der Waals surface area contributed by atoms with Crippen LogP contribution in [0.15, 0.2) is 41.1 Å². The zero-order chi connectivity index (χ0) is 11.7. The maximum absolute atomic E-state index is 6.11. The minimum absolute atomic E-state index is 0.140. The van der Waals surface area contributed by atoms with Gasteiger partial charge >= 0.3 is 0 Å². The number of hydrogen-bond acceptors (Lipinski definition) is 4. The largest absolute Gasteiger partial charge is 0.364 e. The van der Waals surface area contributed by atoms with Crippen LogP contribution in [0.25, 0.3) is 0 Å². The van der Waals surface area contributed by atoms with E-state index in [9.17, 15) is 0 Å². The number of rotatable bonds is 3. The molecular formula is C13H15N3O. The Labute approximate surface area is 99.8 Å². The summed E-state index contributed by atoms with van der Waals surface area (Å²) >= 11 is 0. The van der Waals surface area contributed by atoms with Crippen molar-refractivity contribution < 1.29 is 4.52 Å². The Bertz CT molecular complexity index is 495. The summed E-state index contributed by atoms with van der Waals surface area (Å²) in [5, 5.41) is 7.35. The van der Waals surface area contributed by atoms with Gasteiger partial charge in [0, 0.05) is 24.7 Å². The van der Waals surface area contributed by atoms with Crippen LogP contribution >= 0.6 is 0 Å². The Balaban J connectivity index is 1.73. The monoisotopic (exact) mass is 229 g/mol. The molecule has 2 unspecified atom stereocenters. The first-order valence-corrected chi connectivity index (χ1v) is 5.81. The topological polar surface area (TPSA) is 64.1 Å². The van der Waals surface area contributed by atoms with Crippen LogP contribution in [-0.2, 0) is 6.54 Å². The SMILES string of the molecule is NC1CC(NCc2ccon2)c2ccccc21. The van der Waals surface area contributed by atoms with E-state index in [-0.39, 0.29) is 6.04 Å². The molecule has 88 valence electrons. The Hall–Kier alpha value is -1.65. The fourth-order valence-corrected chi connectivity index (χ4v) is 2.42. The number of fused-ring (bicyclic) bond motifs is 1. The number of aromatic nitrogens is 1. The molecule has 0 aliphatic heterocycles. The fourth-order valence-electron chi connectivity index (χ4n) is 2.42. The quantitative estimate of drug-likeness (QED) is 0.843. The summed E-state index contributed by atoms with van der Waals surface area (Å²) in [7, 11) is 0. The third-order valence-corrected chi connectivity index (χ3v) is 3.28. The average Bonchev–Trinajstić information content (AvgIpc) is 2.96. The summed E-state index contributed by atoms with van der Waals surface area (Å²) < 4.78 is 4.81. The van der Waals surface area contributed by atoms with Crippen molar-refractivity contribution in [2.24, 2.45) is 5.73 Å². The molecular weight excluding hydrogens is 214 g/mol. The molecule has 0 saturated heterocycles. The highest BCUT2D eigenvalue weighted by Gasteiger charge is 2.27. The van der Waals surface area contributed by atoms with E-state index in [0.29, 0.717) is 12.6 Å². The highest BCUT2D eigenvalue weighted by Crippen LogP contribution is 2.36. The van der Waals surface area contributed by atoms with Crippen LogP contribution in [0.5, 0.6) is 0 Å². The Morgan fingerprint density at radius 1 is 1.29 bits per heavy atom. The predicted molar refractivity (Wildman–Crippen MR) is 64.1 cm³/mol. The van der Waals surface area contributed by atoms with Gasteiger partial charge in [0.25, 0.3) is 0 Å². The first-order valence-electron chi connectivity index (χ1n) is 5.81. The molecule has 2 aromatic rings. The zero-order valence-electron chi connectivity index (χ0n) is 9.47. The van der Waals surface area contributed by atoms with Gasteiger partial charge in [-0.25, -0.2) is 0 Å². The first kappa shape index (κ1) is 10.5. The van der Waals surface area contributed by atoms with Gasteiger partial charge in [-0.1, -0.05) is 29.4 Å². The molecule has 1 aromatic heterocycles. The number of nitrogens with zero attached hydrogens (tertiary/aromatic N) is 1.